The van der Waals surface area contributed by atoms with Gasteiger partial charge in [0.05, 0.1) is 13.2 Å². The van der Waals surface area contributed by atoms with E-state index in [-0.39, 0.29) is 31.4 Å². The van der Waals surface area contributed by atoms with Crippen LogP contribution in [-0.4, -0.2) is 46.5 Å². The molecule has 0 saturated carbocycles. The Labute approximate surface area is 230 Å². The van der Waals surface area contributed by atoms with E-state index in [0.717, 1.165) is 11.1 Å². The maximum Gasteiger partial charge on any atom is 0.262 e. The number of carbonyl (C=O) groups is 2. The number of rotatable bonds is 6. The quantitative estimate of drug-likeness (QED) is 0.427. The number of aliphatic hydroxyl groups is 1. The van der Waals surface area contributed by atoms with E-state index >= 15 is 0 Å². The summed E-state index contributed by atoms with van der Waals surface area (Å²) in [6.45, 7) is 1.97. The van der Waals surface area contributed by atoms with Crippen molar-refractivity contribution in [1.29, 1.82) is 0 Å². The highest BCUT2D eigenvalue weighted by Crippen LogP contribution is 2.47. The van der Waals surface area contributed by atoms with Gasteiger partial charge in [0.2, 0.25) is 11.8 Å². The van der Waals surface area contributed by atoms with Gasteiger partial charge in [-0.05, 0) is 47.5 Å². The molecule has 0 aromatic heterocycles. The molecule has 3 aromatic rings. The molecule has 196 valence electrons. The molecule has 0 bridgehead atoms. The maximum absolute atomic E-state index is 14.2. The predicted octanol–water partition coefficient (Wildman–Crippen LogP) is 5.14. The lowest BCUT2D eigenvalue weighted by atomic mass is 9.82. The molecular formula is C29H26Cl2N2O5. The third kappa shape index (κ3) is 4.89. The number of aliphatic imine (C=N–C) groups is 1. The molecule has 9 heteroatoms. The minimum atomic E-state index is -1.47. The van der Waals surface area contributed by atoms with Crippen molar-refractivity contribution < 1.29 is 24.2 Å². The SMILES string of the molecule is CC(=O)N1Cc2ccccc2C[C@]2(N=C(c3ccc(OCCCO)cc3)O[C@@H]2c2ccc(Cl)cc2Cl)C1=O. The lowest BCUT2D eigenvalue weighted by molar-refractivity contribution is -0.149. The van der Waals surface area contributed by atoms with Crippen LogP contribution >= 0.6 is 23.2 Å². The first-order valence-corrected chi connectivity index (χ1v) is 13.0. The Morgan fingerprint density at radius 2 is 1.87 bits per heavy atom. The number of amides is 2. The normalized spacial score (nSPS) is 20.5. The second-order valence-corrected chi connectivity index (χ2v) is 10.2. The smallest absolute Gasteiger partial charge is 0.262 e. The Bertz CT molecular complexity index is 1410. The lowest BCUT2D eigenvalue weighted by Gasteiger charge is -2.32. The molecule has 2 heterocycles. The van der Waals surface area contributed by atoms with Crippen LogP contribution in [0, 0.1) is 0 Å². The van der Waals surface area contributed by atoms with Gasteiger partial charge in [0.1, 0.15) is 5.75 Å². The number of imide groups is 1. The van der Waals surface area contributed by atoms with E-state index in [1.165, 1.54) is 11.8 Å². The maximum atomic E-state index is 14.2. The van der Waals surface area contributed by atoms with Gasteiger partial charge < -0.3 is 14.6 Å². The van der Waals surface area contributed by atoms with Crippen LogP contribution in [0.5, 0.6) is 5.75 Å². The summed E-state index contributed by atoms with van der Waals surface area (Å²) in [5.74, 6) is 0.0745. The summed E-state index contributed by atoms with van der Waals surface area (Å²) in [6.07, 6.45) is -0.149. The van der Waals surface area contributed by atoms with Gasteiger partial charge in [-0.15, -0.1) is 0 Å². The van der Waals surface area contributed by atoms with Crippen molar-refractivity contribution in [2.45, 2.75) is 38.0 Å². The number of nitrogens with zero attached hydrogens (tertiary/aromatic N) is 2. The number of halogens is 2. The fourth-order valence-electron chi connectivity index (χ4n) is 4.86. The summed E-state index contributed by atoms with van der Waals surface area (Å²) >= 11 is 12.8. The van der Waals surface area contributed by atoms with Gasteiger partial charge in [-0.3, -0.25) is 14.5 Å². The van der Waals surface area contributed by atoms with Crippen LogP contribution < -0.4 is 4.74 Å². The largest absolute Gasteiger partial charge is 0.494 e. The third-order valence-corrected chi connectivity index (χ3v) is 7.35. The summed E-state index contributed by atoms with van der Waals surface area (Å²) < 4.78 is 12.1. The second-order valence-electron chi connectivity index (χ2n) is 9.31. The molecule has 0 fully saturated rings. The number of benzene rings is 3. The number of ether oxygens (including phenoxy) is 2. The van der Waals surface area contributed by atoms with Crippen molar-refractivity contribution in [3.8, 4) is 5.75 Å². The topological polar surface area (TPSA) is 88.4 Å². The Morgan fingerprint density at radius 1 is 1.13 bits per heavy atom. The molecule has 2 aliphatic heterocycles. The van der Waals surface area contributed by atoms with Crippen molar-refractivity contribution in [1.82, 2.24) is 4.90 Å². The van der Waals surface area contributed by atoms with Gasteiger partial charge in [0.25, 0.3) is 5.91 Å². The van der Waals surface area contributed by atoms with Gasteiger partial charge >= 0.3 is 0 Å². The summed E-state index contributed by atoms with van der Waals surface area (Å²) in [5, 5.41) is 9.77. The van der Waals surface area contributed by atoms with E-state index in [9.17, 15) is 9.59 Å². The van der Waals surface area contributed by atoms with Crippen molar-refractivity contribution in [3.63, 3.8) is 0 Å². The van der Waals surface area contributed by atoms with Gasteiger partial charge in [0, 0.05) is 47.5 Å². The number of fused-ring (bicyclic) bond motifs is 1. The van der Waals surface area contributed by atoms with Crippen molar-refractivity contribution in [2.75, 3.05) is 13.2 Å². The number of aliphatic hydroxyl groups excluding tert-OH is 1. The van der Waals surface area contributed by atoms with Crippen LogP contribution in [0.25, 0.3) is 0 Å². The monoisotopic (exact) mass is 552 g/mol. The zero-order valence-electron chi connectivity index (χ0n) is 20.7. The van der Waals surface area contributed by atoms with Crippen LogP contribution in [-0.2, 0) is 27.3 Å². The van der Waals surface area contributed by atoms with Crippen LogP contribution in [0.15, 0.2) is 71.7 Å². The number of hydrogen-bond donors (Lipinski definition) is 1. The van der Waals surface area contributed by atoms with Crippen LogP contribution in [0.1, 0.15) is 41.7 Å². The van der Waals surface area contributed by atoms with Crippen molar-refractivity contribution in [2.24, 2.45) is 4.99 Å². The number of carbonyl (C=O) groups excluding carboxylic acids is 2. The minimum absolute atomic E-state index is 0.0495. The summed E-state index contributed by atoms with van der Waals surface area (Å²) in [7, 11) is 0. The molecule has 38 heavy (non-hydrogen) atoms. The first kappa shape index (κ1) is 26.2. The number of hydrogen-bond acceptors (Lipinski definition) is 6. The molecule has 2 aliphatic rings. The zero-order valence-corrected chi connectivity index (χ0v) is 22.2. The Balaban J connectivity index is 1.63. The fraction of sp³-hybridized carbons (Fsp3) is 0.276. The first-order chi connectivity index (χ1) is 18.3. The predicted molar refractivity (Wildman–Crippen MR) is 145 cm³/mol. The summed E-state index contributed by atoms with van der Waals surface area (Å²) in [5.41, 5.74) is 1.51. The standard InChI is InChI=1S/C29H26Cl2N2O5/c1-18(35)33-17-21-6-3-2-5-20(21)16-29(28(33)36)26(24-12-9-22(30)15-25(24)31)38-27(32-29)19-7-10-23(11-8-19)37-14-4-13-34/h2-3,5-12,15,26,34H,4,13-14,16-17H2,1H3/t26-,29-/m1/s1. The van der Waals surface area contributed by atoms with Crippen LogP contribution in [0.4, 0.5) is 0 Å². The van der Waals surface area contributed by atoms with E-state index in [2.05, 4.69) is 0 Å². The van der Waals surface area contributed by atoms with Gasteiger partial charge in [-0.1, -0.05) is 53.5 Å². The molecule has 0 unspecified atom stereocenters. The highest BCUT2D eigenvalue weighted by Gasteiger charge is 2.57. The molecule has 1 N–H and O–H groups in total. The van der Waals surface area contributed by atoms with E-state index < -0.39 is 17.6 Å². The summed E-state index contributed by atoms with van der Waals surface area (Å²) in [4.78, 5) is 33.1. The van der Waals surface area contributed by atoms with Gasteiger partial charge in [-0.2, -0.15) is 0 Å². The average Bonchev–Trinajstić information content (AvgIpc) is 3.22. The molecule has 7 nitrogen and oxygen atoms in total. The van der Waals surface area contributed by atoms with E-state index in [0.29, 0.717) is 39.9 Å². The van der Waals surface area contributed by atoms with E-state index in [4.69, 9.17) is 42.8 Å². The molecule has 3 aromatic carbocycles. The van der Waals surface area contributed by atoms with Crippen molar-refractivity contribution in [3.05, 3.63) is 99.0 Å². The molecule has 2 amide bonds. The Hall–Kier alpha value is -3.39. The first-order valence-electron chi connectivity index (χ1n) is 12.3. The minimum Gasteiger partial charge on any atom is -0.494 e. The summed E-state index contributed by atoms with van der Waals surface area (Å²) in [6, 6.07) is 19.8. The Kier molecular flexibility index (Phi) is 7.43. The van der Waals surface area contributed by atoms with Gasteiger partial charge in [-0.25, -0.2) is 4.99 Å². The highest BCUT2D eigenvalue weighted by atomic mass is 35.5. The van der Waals surface area contributed by atoms with Crippen LogP contribution in [0.3, 0.4) is 0 Å². The fourth-order valence-corrected chi connectivity index (χ4v) is 5.37. The van der Waals surface area contributed by atoms with E-state index in [1.807, 2.05) is 24.3 Å². The van der Waals surface area contributed by atoms with E-state index in [1.54, 1.807) is 42.5 Å². The molecule has 5 rings (SSSR count). The molecule has 0 aliphatic carbocycles. The van der Waals surface area contributed by atoms with Crippen LogP contribution in [0.2, 0.25) is 10.0 Å². The highest BCUT2D eigenvalue weighted by molar-refractivity contribution is 6.35. The molecule has 0 radical (unpaired) electrons. The zero-order chi connectivity index (χ0) is 26.9. The second kappa shape index (κ2) is 10.8. The lowest BCUT2D eigenvalue weighted by Crippen LogP contribution is -2.51. The van der Waals surface area contributed by atoms with Gasteiger partial charge in [0.15, 0.2) is 11.6 Å². The average molecular weight is 553 g/mol. The molecular weight excluding hydrogens is 527 g/mol. The molecule has 0 saturated heterocycles. The third-order valence-electron chi connectivity index (χ3n) is 6.78. The molecule has 2 atom stereocenters. The molecule has 1 spiro atoms. The van der Waals surface area contributed by atoms with Crippen molar-refractivity contribution >= 4 is 40.9 Å². The Morgan fingerprint density at radius 3 is 2.55 bits per heavy atom.